The van der Waals surface area contributed by atoms with E-state index in [1.54, 1.807) is 25.1 Å². The third-order valence-corrected chi connectivity index (χ3v) is 4.66. The number of hydrogen-bond acceptors (Lipinski definition) is 4. The summed E-state index contributed by atoms with van der Waals surface area (Å²) in [5, 5.41) is 6.47. The molecule has 1 aromatic heterocycles. The monoisotopic (exact) mass is 363 g/mol. The quantitative estimate of drug-likeness (QED) is 0.496. The van der Waals surface area contributed by atoms with Crippen LogP contribution in [0.1, 0.15) is 48.9 Å². The van der Waals surface area contributed by atoms with Crippen LogP contribution in [0.15, 0.2) is 21.5 Å². The van der Waals surface area contributed by atoms with Gasteiger partial charge in [0.2, 0.25) is 5.91 Å². The van der Waals surface area contributed by atoms with Crippen molar-refractivity contribution in [2.45, 2.75) is 39.2 Å². The number of nitrogens with zero attached hydrogens (tertiary/aromatic N) is 2. The summed E-state index contributed by atoms with van der Waals surface area (Å²) in [4.78, 5) is 29.9. The van der Waals surface area contributed by atoms with Crippen LogP contribution in [0, 0.1) is 5.41 Å². The van der Waals surface area contributed by atoms with Gasteiger partial charge in [0, 0.05) is 27.2 Å². The molecule has 26 heavy (non-hydrogen) atoms. The molecule has 8 heteroatoms. The normalized spacial score (nSPS) is 16.3. The third kappa shape index (κ3) is 4.77. The third-order valence-electron chi connectivity index (χ3n) is 4.66. The lowest BCUT2D eigenvalue weighted by molar-refractivity contribution is -0.138. The van der Waals surface area contributed by atoms with Crippen molar-refractivity contribution in [2.24, 2.45) is 16.1 Å². The summed E-state index contributed by atoms with van der Waals surface area (Å²) < 4.78 is 5.34. The predicted molar refractivity (Wildman–Crippen MR) is 99.6 cm³/mol. The highest BCUT2D eigenvalue weighted by atomic mass is 16.3. The van der Waals surface area contributed by atoms with Crippen LogP contribution in [0.5, 0.6) is 0 Å². The summed E-state index contributed by atoms with van der Waals surface area (Å²) in [6, 6.07) is 3.22. The lowest BCUT2D eigenvalue weighted by Gasteiger charge is -2.31. The molecule has 2 rings (SSSR count). The van der Waals surface area contributed by atoms with Gasteiger partial charge in [-0.3, -0.25) is 9.59 Å². The summed E-state index contributed by atoms with van der Waals surface area (Å²) in [5.41, 5.74) is 4.81. The van der Waals surface area contributed by atoms with Gasteiger partial charge in [-0.05, 0) is 31.9 Å². The number of primary amides is 1. The zero-order chi connectivity index (χ0) is 19.2. The number of aliphatic imine (C=N–C) groups is 1. The first-order chi connectivity index (χ1) is 12.4. The van der Waals surface area contributed by atoms with Gasteiger partial charge < -0.3 is 25.7 Å². The number of amides is 2. The zero-order valence-corrected chi connectivity index (χ0v) is 15.8. The van der Waals surface area contributed by atoms with Crippen LogP contribution < -0.4 is 16.4 Å². The second-order valence-electron chi connectivity index (χ2n) is 6.87. The van der Waals surface area contributed by atoms with Crippen molar-refractivity contribution in [1.82, 2.24) is 15.5 Å². The number of nitrogens with two attached hydrogens (primary N) is 1. The van der Waals surface area contributed by atoms with Crippen LogP contribution in [0.3, 0.4) is 0 Å². The molecular formula is C18H29N5O3. The number of furan rings is 1. The van der Waals surface area contributed by atoms with Gasteiger partial charge in [0.25, 0.3) is 5.91 Å². The summed E-state index contributed by atoms with van der Waals surface area (Å²) in [6.07, 6.45) is 3.90. The van der Waals surface area contributed by atoms with Crippen LogP contribution in [-0.4, -0.2) is 49.9 Å². The SMILES string of the molecule is CCNC(=NCc1ccc(C(N)=O)o1)NCC1(C(=O)N(C)C)CCCC1. The standard InChI is InChI=1S/C18H29N5O3/c1-4-20-17(21-11-13-7-8-14(26-13)15(19)24)22-12-18(9-5-6-10-18)16(25)23(2)3/h7-8H,4-6,9-12H2,1-3H3,(H2,19,24)(H2,20,21,22). The van der Waals surface area contributed by atoms with Crippen LogP contribution >= 0.6 is 0 Å². The van der Waals surface area contributed by atoms with E-state index in [0.717, 1.165) is 25.7 Å². The molecule has 1 saturated carbocycles. The Kier molecular flexibility index (Phi) is 6.65. The molecule has 1 aliphatic rings. The van der Waals surface area contributed by atoms with E-state index >= 15 is 0 Å². The minimum Gasteiger partial charge on any atom is -0.454 e. The Labute approximate surface area is 154 Å². The maximum absolute atomic E-state index is 12.7. The van der Waals surface area contributed by atoms with Crippen molar-refractivity contribution in [3.63, 3.8) is 0 Å². The largest absolute Gasteiger partial charge is 0.454 e. The van der Waals surface area contributed by atoms with Crippen LogP contribution in [-0.2, 0) is 11.3 Å². The first kappa shape index (κ1) is 19.8. The fraction of sp³-hybridized carbons (Fsp3) is 0.611. The molecular weight excluding hydrogens is 334 g/mol. The number of carbonyl (C=O) groups excluding carboxylic acids is 2. The molecule has 0 bridgehead atoms. The van der Waals surface area contributed by atoms with Crippen molar-refractivity contribution in [3.8, 4) is 0 Å². The minimum absolute atomic E-state index is 0.120. The molecule has 1 aliphatic carbocycles. The fourth-order valence-corrected chi connectivity index (χ4v) is 3.34. The van der Waals surface area contributed by atoms with E-state index in [1.165, 1.54) is 6.07 Å². The number of guanidine groups is 1. The molecule has 1 aromatic rings. The second kappa shape index (κ2) is 8.73. The smallest absolute Gasteiger partial charge is 0.284 e. The molecule has 0 radical (unpaired) electrons. The first-order valence-corrected chi connectivity index (χ1v) is 9.00. The summed E-state index contributed by atoms with van der Waals surface area (Å²) in [5.74, 6) is 0.846. The van der Waals surface area contributed by atoms with Crippen molar-refractivity contribution in [3.05, 3.63) is 23.7 Å². The average Bonchev–Trinajstić information content (AvgIpc) is 3.26. The van der Waals surface area contributed by atoms with E-state index in [2.05, 4.69) is 15.6 Å². The molecule has 0 aromatic carbocycles. The van der Waals surface area contributed by atoms with Crippen molar-refractivity contribution in [1.29, 1.82) is 0 Å². The van der Waals surface area contributed by atoms with E-state index in [1.807, 2.05) is 6.92 Å². The lowest BCUT2D eigenvalue weighted by Crippen LogP contribution is -2.49. The molecule has 0 unspecified atom stereocenters. The number of carbonyl (C=O) groups is 2. The Morgan fingerprint density at radius 2 is 1.96 bits per heavy atom. The molecule has 0 aliphatic heterocycles. The Bertz CT molecular complexity index is 660. The van der Waals surface area contributed by atoms with Crippen LogP contribution in [0.2, 0.25) is 0 Å². The van der Waals surface area contributed by atoms with Gasteiger partial charge in [0.1, 0.15) is 12.3 Å². The van der Waals surface area contributed by atoms with Gasteiger partial charge in [-0.2, -0.15) is 0 Å². The van der Waals surface area contributed by atoms with E-state index in [9.17, 15) is 9.59 Å². The Morgan fingerprint density at radius 3 is 2.50 bits per heavy atom. The minimum atomic E-state index is -0.601. The molecule has 0 atom stereocenters. The van der Waals surface area contributed by atoms with Gasteiger partial charge in [0.15, 0.2) is 11.7 Å². The Hall–Kier alpha value is -2.51. The molecule has 1 heterocycles. The van der Waals surface area contributed by atoms with E-state index in [-0.39, 0.29) is 23.6 Å². The molecule has 0 spiro atoms. The molecule has 0 saturated heterocycles. The van der Waals surface area contributed by atoms with Gasteiger partial charge in [0.05, 0.1) is 5.41 Å². The molecule has 8 nitrogen and oxygen atoms in total. The van der Waals surface area contributed by atoms with Crippen molar-refractivity contribution < 1.29 is 14.0 Å². The maximum atomic E-state index is 12.7. The summed E-state index contributed by atoms with van der Waals surface area (Å²) in [7, 11) is 3.60. The number of rotatable bonds is 7. The van der Waals surface area contributed by atoms with Gasteiger partial charge >= 0.3 is 0 Å². The topological polar surface area (TPSA) is 113 Å². The molecule has 1 fully saturated rings. The summed E-state index contributed by atoms with van der Waals surface area (Å²) >= 11 is 0. The van der Waals surface area contributed by atoms with Gasteiger partial charge in [-0.1, -0.05) is 12.8 Å². The van der Waals surface area contributed by atoms with E-state index in [4.69, 9.17) is 10.2 Å². The second-order valence-corrected chi connectivity index (χ2v) is 6.87. The predicted octanol–water partition coefficient (Wildman–Crippen LogP) is 1.08. The highest BCUT2D eigenvalue weighted by Gasteiger charge is 2.42. The van der Waals surface area contributed by atoms with E-state index in [0.29, 0.717) is 24.8 Å². The number of nitrogens with one attached hydrogen (secondary N) is 2. The van der Waals surface area contributed by atoms with Crippen LogP contribution in [0.25, 0.3) is 0 Å². The first-order valence-electron chi connectivity index (χ1n) is 9.00. The molecule has 2 amide bonds. The average molecular weight is 363 g/mol. The van der Waals surface area contributed by atoms with E-state index < -0.39 is 5.91 Å². The maximum Gasteiger partial charge on any atom is 0.284 e. The van der Waals surface area contributed by atoms with Crippen molar-refractivity contribution in [2.75, 3.05) is 27.2 Å². The lowest BCUT2D eigenvalue weighted by atomic mass is 9.84. The highest BCUT2D eigenvalue weighted by Crippen LogP contribution is 2.38. The fourth-order valence-electron chi connectivity index (χ4n) is 3.34. The zero-order valence-electron chi connectivity index (χ0n) is 15.8. The van der Waals surface area contributed by atoms with Crippen molar-refractivity contribution >= 4 is 17.8 Å². The Balaban J connectivity index is 2.04. The number of hydrogen-bond donors (Lipinski definition) is 3. The van der Waals surface area contributed by atoms with Gasteiger partial charge in [-0.25, -0.2) is 4.99 Å². The highest BCUT2D eigenvalue weighted by molar-refractivity contribution is 5.89. The summed E-state index contributed by atoms with van der Waals surface area (Å²) in [6.45, 7) is 3.49. The van der Waals surface area contributed by atoms with Crippen LogP contribution in [0.4, 0.5) is 0 Å². The molecule has 144 valence electrons. The Morgan fingerprint density at radius 1 is 1.27 bits per heavy atom. The molecule has 4 N–H and O–H groups in total. The van der Waals surface area contributed by atoms with Gasteiger partial charge in [-0.15, -0.1) is 0 Å².